The van der Waals surface area contributed by atoms with Gasteiger partial charge in [-0.15, -0.1) is 0 Å². The summed E-state index contributed by atoms with van der Waals surface area (Å²) in [4.78, 5) is 12.3. The second-order valence-electron chi connectivity index (χ2n) is 6.77. The van der Waals surface area contributed by atoms with Gasteiger partial charge in [-0.1, -0.05) is 35.9 Å². The van der Waals surface area contributed by atoms with E-state index in [4.69, 9.17) is 0 Å². The van der Waals surface area contributed by atoms with E-state index in [1.807, 2.05) is 44.2 Å². The van der Waals surface area contributed by atoms with Crippen LogP contribution in [0.4, 0.5) is 11.4 Å². The zero-order chi connectivity index (χ0) is 18.7. The second-order valence-corrected chi connectivity index (χ2v) is 8.79. The number of benzene rings is 2. The molecule has 0 bridgehead atoms. The van der Waals surface area contributed by atoms with E-state index < -0.39 is 10.0 Å². The van der Waals surface area contributed by atoms with Crippen LogP contribution in [-0.2, 0) is 21.2 Å². The maximum absolute atomic E-state index is 12.3. The fraction of sp³-hybridized carbons (Fsp3) is 0.350. The van der Waals surface area contributed by atoms with Crippen LogP contribution >= 0.6 is 0 Å². The number of carbonyl (C=O) groups is 1. The Labute approximate surface area is 155 Å². The molecule has 1 aliphatic heterocycles. The van der Waals surface area contributed by atoms with Crippen LogP contribution in [0.15, 0.2) is 42.5 Å². The molecule has 1 N–H and O–H groups in total. The molecule has 6 heteroatoms. The molecule has 2 aromatic rings. The van der Waals surface area contributed by atoms with Crippen LogP contribution in [0, 0.1) is 13.8 Å². The first-order chi connectivity index (χ1) is 12.3. The number of nitrogens with zero attached hydrogens (tertiary/aromatic N) is 1. The van der Waals surface area contributed by atoms with Crippen LogP contribution < -0.4 is 9.62 Å². The molecule has 1 aliphatic rings. The summed E-state index contributed by atoms with van der Waals surface area (Å²) in [6, 6.07) is 13.5. The van der Waals surface area contributed by atoms with Crippen molar-refractivity contribution < 1.29 is 13.2 Å². The topological polar surface area (TPSA) is 66.5 Å². The maximum atomic E-state index is 12.3. The number of hydrogen-bond acceptors (Lipinski definition) is 3. The standard InChI is InChI=1S/C20H24N2O3S/c1-15-4-7-17(8-5-15)9-11-20(23)21-19-14-18(10-6-16(19)2)22-12-3-13-26(22,24)25/h4-8,10,14H,3,9,11-13H2,1-2H3,(H,21,23). The van der Waals surface area contributed by atoms with Gasteiger partial charge in [-0.2, -0.15) is 0 Å². The average Bonchev–Trinajstić information content (AvgIpc) is 2.95. The Morgan fingerprint density at radius 2 is 1.85 bits per heavy atom. The van der Waals surface area contributed by atoms with E-state index >= 15 is 0 Å². The molecule has 0 unspecified atom stereocenters. The molecule has 1 heterocycles. The first-order valence-electron chi connectivity index (χ1n) is 8.82. The molecule has 0 aromatic heterocycles. The van der Waals surface area contributed by atoms with Crippen LogP contribution in [0.1, 0.15) is 29.5 Å². The van der Waals surface area contributed by atoms with Gasteiger partial charge in [-0.05, 0) is 49.9 Å². The van der Waals surface area contributed by atoms with Gasteiger partial charge in [0.05, 0.1) is 11.4 Å². The zero-order valence-electron chi connectivity index (χ0n) is 15.2. The van der Waals surface area contributed by atoms with E-state index in [2.05, 4.69) is 5.32 Å². The highest BCUT2D eigenvalue weighted by Crippen LogP contribution is 2.28. The molecule has 1 saturated heterocycles. The van der Waals surface area contributed by atoms with Crippen molar-refractivity contribution in [2.24, 2.45) is 0 Å². The molecule has 26 heavy (non-hydrogen) atoms. The van der Waals surface area contributed by atoms with E-state index in [0.717, 1.165) is 11.1 Å². The highest BCUT2D eigenvalue weighted by atomic mass is 32.2. The number of rotatable bonds is 5. The molecule has 3 rings (SSSR count). The van der Waals surface area contributed by atoms with Gasteiger partial charge in [0.25, 0.3) is 0 Å². The lowest BCUT2D eigenvalue weighted by atomic mass is 10.1. The summed E-state index contributed by atoms with van der Waals surface area (Å²) in [6.45, 7) is 4.43. The zero-order valence-corrected chi connectivity index (χ0v) is 16.0. The number of carbonyl (C=O) groups excluding carboxylic acids is 1. The predicted molar refractivity (Wildman–Crippen MR) is 105 cm³/mol. The van der Waals surface area contributed by atoms with Crippen LogP contribution in [0.2, 0.25) is 0 Å². The minimum atomic E-state index is -3.23. The molecular weight excluding hydrogens is 348 g/mol. The largest absolute Gasteiger partial charge is 0.326 e. The van der Waals surface area contributed by atoms with Crippen molar-refractivity contribution in [2.45, 2.75) is 33.1 Å². The Hall–Kier alpha value is -2.34. The Balaban J connectivity index is 1.68. The molecule has 0 aliphatic carbocycles. The summed E-state index contributed by atoms with van der Waals surface area (Å²) < 4.78 is 25.6. The van der Waals surface area contributed by atoms with Crippen molar-refractivity contribution >= 4 is 27.3 Å². The van der Waals surface area contributed by atoms with Crippen molar-refractivity contribution in [3.63, 3.8) is 0 Å². The van der Waals surface area contributed by atoms with E-state index in [9.17, 15) is 13.2 Å². The SMILES string of the molecule is Cc1ccc(CCC(=O)Nc2cc(N3CCCS3(=O)=O)ccc2C)cc1. The molecule has 138 valence electrons. The lowest BCUT2D eigenvalue weighted by Gasteiger charge is -2.19. The molecule has 1 amide bonds. The van der Waals surface area contributed by atoms with Gasteiger partial charge in [0.2, 0.25) is 15.9 Å². The third-order valence-corrected chi connectivity index (χ3v) is 6.51. The highest BCUT2D eigenvalue weighted by Gasteiger charge is 2.28. The number of aryl methyl sites for hydroxylation is 3. The summed E-state index contributed by atoms with van der Waals surface area (Å²) in [5.74, 6) is 0.106. The third kappa shape index (κ3) is 4.25. The van der Waals surface area contributed by atoms with Crippen molar-refractivity contribution in [3.05, 3.63) is 59.2 Å². The fourth-order valence-electron chi connectivity index (χ4n) is 3.05. The monoisotopic (exact) mass is 372 g/mol. The lowest BCUT2D eigenvalue weighted by Crippen LogP contribution is -2.25. The lowest BCUT2D eigenvalue weighted by molar-refractivity contribution is -0.116. The average molecular weight is 372 g/mol. The molecule has 0 spiro atoms. The molecule has 2 aromatic carbocycles. The van der Waals surface area contributed by atoms with E-state index in [-0.39, 0.29) is 11.7 Å². The van der Waals surface area contributed by atoms with Gasteiger partial charge in [0, 0.05) is 18.7 Å². The smallest absolute Gasteiger partial charge is 0.235 e. The van der Waals surface area contributed by atoms with Crippen LogP contribution in [0.25, 0.3) is 0 Å². The van der Waals surface area contributed by atoms with E-state index in [0.29, 0.717) is 37.2 Å². The minimum absolute atomic E-state index is 0.0740. The van der Waals surface area contributed by atoms with Gasteiger partial charge in [0.1, 0.15) is 0 Å². The van der Waals surface area contributed by atoms with Gasteiger partial charge >= 0.3 is 0 Å². The number of hydrogen-bond donors (Lipinski definition) is 1. The molecule has 0 saturated carbocycles. The fourth-order valence-corrected chi connectivity index (χ4v) is 4.61. The van der Waals surface area contributed by atoms with Crippen molar-refractivity contribution in [1.82, 2.24) is 0 Å². The predicted octanol–water partition coefficient (Wildman–Crippen LogP) is 3.41. The van der Waals surface area contributed by atoms with Gasteiger partial charge in [-0.3, -0.25) is 9.10 Å². The summed E-state index contributed by atoms with van der Waals surface area (Å²) in [5, 5.41) is 2.92. The Morgan fingerprint density at radius 3 is 2.50 bits per heavy atom. The summed E-state index contributed by atoms with van der Waals surface area (Å²) in [6.07, 6.45) is 1.69. The van der Waals surface area contributed by atoms with E-state index in [1.165, 1.54) is 9.87 Å². The number of anilines is 2. The second kappa shape index (κ2) is 7.50. The van der Waals surface area contributed by atoms with Crippen LogP contribution in [0.3, 0.4) is 0 Å². The van der Waals surface area contributed by atoms with Crippen molar-refractivity contribution in [3.8, 4) is 0 Å². The van der Waals surface area contributed by atoms with Gasteiger partial charge in [-0.25, -0.2) is 8.42 Å². The van der Waals surface area contributed by atoms with Crippen molar-refractivity contribution in [2.75, 3.05) is 21.9 Å². The summed E-state index contributed by atoms with van der Waals surface area (Å²) in [5.41, 5.74) is 4.51. The van der Waals surface area contributed by atoms with Gasteiger partial charge in [0.15, 0.2) is 0 Å². The quantitative estimate of drug-likeness (QED) is 0.875. The summed E-state index contributed by atoms with van der Waals surface area (Å²) >= 11 is 0. The molecular formula is C20H24N2O3S. The first kappa shape index (κ1) is 18.5. The van der Waals surface area contributed by atoms with Crippen LogP contribution in [-0.4, -0.2) is 26.6 Å². The molecule has 1 fully saturated rings. The molecule has 0 radical (unpaired) electrons. The van der Waals surface area contributed by atoms with Crippen LogP contribution in [0.5, 0.6) is 0 Å². The number of sulfonamides is 1. The molecule has 0 atom stereocenters. The van der Waals surface area contributed by atoms with Crippen molar-refractivity contribution in [1.29, 1.82) is 0 Å². The highest BCUT2D eigenvalue weighted by molar-refractivity contribution is 7.93. The normalized spacial score (nSPS) is 15.8. The first-order valence-corrected chi connectivity index (χ1v) is 10.4. The number of nitrogens with one attached hydrogen (secondary N) is 1. The number of amides is 1. The third-order valence-electron chi connectivity index (χ3n) is 4.64. The Bertz CT molecular complexity index is 905. The van der Waals surface area contributed by atoms with Gasteiger partial charge < -0.3 is 5.32 Å². The van der Waals surface area contributed by atoms with E-state index in [1.54, 1.807) is 12.1 Å². The summed E-state index contributed by atoms with van der Waals surface area (Å²) in [7, 11) is -3.23. The molecule has 5 nitrogen and oxygen atoms in total. The Kier molecular flexibility index (Phi) is 5.32. The Morgan fingerprint density at radius 1 is 1.12 bits per heavy atom. The minimum Gasteiger partial charge on any atom is -0.326 e. The maximum Gasteiger partial charge on any atom is 0.235 e.